The second kappa shape index (κ2) is 2.60. The van der Waals surface area contributed by atoms with Gasteiger partial charge in [0.1, 0.15) is 0 Å². The van der Waals surface area contributed by atoms with E-state index >= 15 is 0 Å². The quantitative estimate of drug-likeness (QED) is 0.682. The summed E-state index contributed by atoms with van der Waals surface area (Å²) in [6, 6.07) is 0. The van der Waals surface area contributed by atoms with Gasteiger partial charge in [-0.15, -0.1) is 0 Å². The van der Waals surface area contributed by atoms with Crippen molar-refractivity contribution in [3.8, 4) is 0 Å². The third-order valence-electron chi connectivity index (χ3n) is 0.425. The van der Waals surface area contributed by atoms with Crippen molar-refractivity contribution in [2.24, 2.45) is 0 Å². The van der Waals surface area contributed by atoms with Crippen molar-refractivity contribution in [1.29, 1.82) is 0 Å². The summed E-state index contributed by atoms with van der Waals surface area (Å²) in [5.41, 5.74) is 0. The van der Waals surface area contributed by atoms with Crippen molar-refractivity contribution in [2.75, 3.05) is 0 Å². The summed E-state index contributed by atoms with van der Waals surface area (Å²) in [6.07, 6.45) is 0. The summed E-state index contributed by atoms with van der Waals surface area (Å²) in [7, 11) is 10.5. The predicted octanol–water partition coefficient (Wildman–Crippen LogP) is 1.42. The van der Waals surface area contributed by atoms with Gasteiger partial charge in [-0.25, -0.2) is 0 Å². The van der Waals surface area contributed by atoms with E-state index in [0.717, 1.165) is 0 Å². The van der Waals surface area contributed by atoms with Crippen LogP contribution in [0, 0.1) is 0 Å². The molecule has 0 aromatic carbocycles. The van der Waals surface area contributed by atoms with E-state index in [0.29, 0.717) is 4.44 Å². The van der Waals surface area contributed by atoms with Crippen LogP contribution >= 0.6 is 17.8 Å². The molecule has 0 heterocycles. The van der Waals surface area contributed by atoms with Gasteiger partial charge in [-0.3, -0.25) is 0 Å². The van der Waals surface area contributed by atoms with E-state index in [1.807, 2.05) is 0 Å². The molecule has 0 saturated carbocycles. The van der Waals surface area contributed by atoms with Gasteiger partial charge >= 0.3 is 49.2 Å². The molecule has 0 fully saturated rings. The van der Waals surface area contributed by atoms with Gasteiger partial charge in [-0.1, -0.05) is 0 Å². The molecule has 0 aliphatic heterocycles. The van der Waals surface area contributed by atoms with E-state index in [1.165, 1.54) is 0 Å². The van der Waals surface area contributed by atoms with Crippen molar-refractivity contribution in [2.45, 2.75) is 11.4 Å². The predicted molar refractivity (Wildman–Crippen MR) is 30.2 cm³/mol. The molecule has 0 rings (SSSR count). The van der Waals surface area contributed by atoms with Crippen LogP contribution < -0.4 is 0 Å². The maximum atomic E-state index is 8.57. The Balaban J connectivity index is 3.17. The molecule has 0 radical (unpaired) electrons. The average Bonchev–Trinajstić information content (AvgIpc) is 1.35. The number of hydrogen-bond donors (Lipinski definition) is 1. The Kier molecular flexibility index (Phi) is 3.18. The zero-order chi connectivity index (χ0) is 5.21. The Labute approximate surface area is 49.1 Å². The van der Waals surface area contributed by atoms with E-state index in [4.69, 9.17) is 21.3 Å². The molecule has 0 saturated heterocycles. The Morgan fingerprint density at radius 1 is 1.67 bits per heavy atom. The zero-order valence-electron chi connectivity index (χ0n) is 3.41. The normalized spacial score (nSPS) is 12.0. The first-order valence-electron chi connectivity index (χ1n) is 1.66. The summed E-state index contributed by atoms with van der Waals surface area (Å²) in [5, 5.41) is 0. The molecule has 1 N–H and O–H groups in total. The first kappa shape index (κ1) is 7.34. The topological polar surface area (TPSA) is 20.2 Å². The zero-order valence-corrected chi connectivity index (χ0v) is 7.78. The van der Waals surface area contributed by atoms with Crippen LogP contribution in [0.4, 0.5) is 0 Å². The van der Waals surface area contributed by atoms with Crippen molar-refractivity contribution >= 4 is 34.4 Å². The van der Waals surface area contributed by atoms with E-state index in [1.54, 1.807) is 6.92 Å². The van der Waals surface area contributed by atoms with Gasteiger partial charge in [0.15, 0.2) is 0 Å². The molecule has 38 valence electrons. The maximum absolute atomic E-state index is 8.57. The molecule has 4 heteroatoms. The van der Waals surface area contributed by atoms with Gasteiger partial charge in [0.2, 0.25) is 0 Å². The van der Waals surface area contributed by atoms with Crippen LogP contribution in [0.15, 0.2) is 0 Å². The molecule has 1 nitrogen and oxygen atoms in total. The number of halogens is 2. The fraction of sp³-hybridized carbons (Fsp3) is 1.00. The van der Waals surface area contributed by atoms with Crippen LogP contribution in [-0.4, -0.2) is 20.0 Å². The Morgan fingerprint density at radius 3 is 1.83 bits per heavy atom. The van der Waals surface area contributed by atoms with Crippen molar-refractivity contribution in [3.63, 3.8) is 0 Å². The van der Waals surface area contributed by atoms with Gasteiger partial charge < -0.3 is 0 Å². The molecular weight excluding hydrogens is 230 g/mol. The van der Waals surface area contributed by atoms with E-state index < -0.39 is 16.5 Å². The van der Waals surface area contributed by atoms with Crippen LogP contribution in [0.5, 0.6) is 0 Å². The molecule has 0 bridgehead atoms. The Morgan fingerprint density at radius 2 is 1.83 bits per heavy atom. The van der Waals surface area contributed by atoms with Gasteiger partial charge in [-0.05, 0) is 0 Å². The van der Waals surface area contributed by atoms with Gasteiger partial charge in [-0.2, -0.15) is 0 Å². The van der Waals surface area contributed by atoms with E-state index in [9.17, 15) is 0 Å². The van der Waals surface area contributed by atoms with Gasteiger partial charge in [0, 0.05) is 0 Å². The van der Waals surface area contributed by atoms with Crippen molar-refractivity contribution in [1.82, 2.24) is 0 Å². The van der Waals surface area contributed by atoms with E-state index in [-0.39, 0.29) is 0 Å². The molecule has 0 aliphatic rings. The molecule has 0 atom stereocenters. The SMILES string of the molecule is C[CH2][Sn]([OH])([Cl])[Cl]. The third-order valence-corrected chi connectivity index (χ3v) is 6.44. The second-order valence-electron chi connectivity index (χ2n) is 1.02. The molecule has 0 aromatic rings. The van der Waals surface area contributed by atoms with Crippen LogP contribution in [0.1, 0.15) is 6.92 Å². The molecule has 0 unspecified atom stereocenters. The standard InChI is InChI=1S/C2H5.2ClH.H2O.Sn/c1-2;;;;/h1H2,2H3;2*1H;1H2;/q;;;;+3/p-3. The van der Waals surface area contributed by atoms with Crippen LogP contribution in [-0.2, 0) is 0 Å². The summed E-state index contributed by atoms with van der Waals surface area (Å²) < 4.78 is 9.13. The summed E-state index contributed by atoms with van der Waals surface area (Å²) in [6.45, 7) is 1.79. The monoisotopic (exact) mass is 236 g/mol. The minimum absolute atomic E-state index is 0.567. The first-order valence-corrected chi connectivity index (χ1v) is 12.2. The third kappa shape index (κ3) is 5.34. The number of rotatable bonds is 1. The fourth-order valence-corrected chi connectivity index (χ4v) is 0. The van der Waals surface area contributed by atoms with Gasteiger partial charge in [0.05, 0.1) is 0 Å². The summed E-state index contributed by atoms with van der Waals surface area (Å²) in [4.78, 5) is 0. The molecule has 0 amide bonds. The van der Waals surface area contributed by atoms with Crippen LogP contribution in [0.3, 0.4) is 0 Å². The Bertz CT molecular complexity index is 41.3. The minimum atomic E-state index is -3.29. The molecule has 0 aliphatic carbocycles. The van der Waals surface area contributed by atoms with E-state index in [2.05, 4.69) is 0 Å². The van der Waals surface area contributed by atoms with Crippen molar-refractivity contribution in [3.05, 3.63) is 0 Å². The second-order valence-corrected chi connectivity index (χ2v) is 16.5. The van der Waals surface area contributed by atoms with Crippen LogP contribution in [0.25, 0.3) is 0 Å². The molecule has 6 heavy (non-hydrogen) atoms. The Hall–Kier alpha value is 1.34. The number of hydrogen-bond acceptors (Lipinski definition) is 1. The fourth-order valence-electron chi connectivity index (χ4n) is 0. The summed E-state index contributed by atoms with van der Waals surface area (Å²) in [5.74, 6) is 0. The van der Waals surface area contributed by atoms with Gasteiger partial charge in [0.25, 0.3) is 0 Å². The molecular formula is C2H6Cl2OSn. The average molecular weight is 236 g/mol. The van der Waals surface area contributed by atoms with Crippen LogP contribution in [0.2, 0.25) is 4.44 Å². The molecule has 0 aromatic heterocycles. The molecule has 0 spiro atoms. The first-order chi connectivity index (χ1) is 2.56. The summed E-state index contributed by atoms with van der Waals surface area (Å²) >= 11 is -3.29. The van der Waals surface area contributed by atoms with Crippen molar-refractivity contribution < 1.29 is 3.44 Å².